The number of benzene rings is 4. The Morgan fingerprint density at radius 2 is 0.654 bits per heavy atom. The Hall–Kier alpha value is -12.7. The molecule has 12 heterocycles. The van der Waals surface area contributed by atoms with Gasteiger partial charge in [0.1, 0.15) is 62.0 Å². The number of fused-ring (bicyclic) bond motifs is 12. The van der Waals surface area contributed by atoms with Crippen molar-refractivity contribution in [1.82, 2.24) is 58.6 Å². The number of halogens is 6. The highest BCUT2D eigenvalue weighted by Crippen LogP contribution is 2.53. The second-order valence-electron chi connectivity index (χ2n) is 37.7. The Morgan fingerprint density at radius 1 is 0.361 bits per heavy atom. The molecule has 4 aromatic heterocycles. The second kappa shape index (κ2) is 36.0. The summed E-state index contributed by atoms with van der Waals surface area (Å²) in [6.45, 7) is 17.1. The van der Waals surface area contributed by atoms with Gasteiger partial charge in [-0.1, -0.05) is 72.8 Å². The first-order valence-corrected chi connectivity index (χ1v) is 45.9. The van der Waals surface area contributed by atoms with E-state index in [-0.39, 0.29) is 143 Å². The molecule has 4 saturated heterocycles. The van der Waals surface area contributed by atoms with Crippen LogP contribution in [-0.2, 0) is 131 Å². The van der Waals surface area contributed by atoms with Gasteiger partial charge < -0.3 is 77.2 Å². The summed E-state index contributed by atoms with van der Waals surface area (Å²) in [4.78, 5) is 179. The average Bonchev–Trinajstić information content (AvgIpc) is 1.57. The number of ether oxygens (including phenoxy) is 4. The Bertz CT molecular complexity index is 5720. The predicted molar refractivity (Wildman–Crippen MR) is 471 cm³/mol. The van der Waals surface area contributed by atoms with E-state index in [2.05, 4.69) is 24.9 Å². The van der Waals surface area contributed by atoms with E-state index in [1.54, 1.807) is 75.2 Å². The van der Waals surface area contributed by atoms with Crippen LogP contribution < -0.4 is 19.6 Å². The van der Waals surface area contributed by atoms with Crippen molar-refractivity contribution in [2.75, 3.05) is 72.0 Å². The molecule has 133 heavy (non-hydrogen) atoms. The lowest BCUT2D eigenvalue weighted by molar-refractivity contribution is -0.136. The number of hydrogen-bond donors (Lipinski definition) is 2. The summed E-state index contributed by atoms with van der Waals surface area (Å²) >= 11 is 0. The van der Waals surface area contributed by atoms with E-state index < -0.39 is 65.1 Å². The monoisotopic (exact) mass is 1840 g/mol. The van der Waals surface area contributed by atoms with E-state index in [4.69, 9.17) is 23.9 Å². The highest BCUT2D eigenvalue weighted by molar-refractivity contribution is 6.13. The van der Waals surface area contributed by atoms with E-state index in [9.17, 15) is 79.1 Å². The van der Waals surface area contributed by atoms with Crippen molar-refractivity contribution in [3.05, 3.63) is 188 Å². The molecule has 704 valence electrons. The number of H-pyrrole nitrogens is 2. The fourth-order valence-electron chi connectivity index (χ4n) is 20.7. The van der Waals surface area contributed by atoms with Gasteiger partial charge in [0.2, 0.25) is 23.6 Å². The summed E-state index contributed by atoms with van der Waals surface area (Å²) < 4.78 is 101. The second-order valence-corrected chi connectivity index (χ2v) is 37.7. The minimum Gasteiger partial charge on any atom is -0.447 e. The van der Waals surface area contributed by atoms with Gasteiger partial charge in [-0.15, -0.1) is 0 Å². The third-order valence-corrected chi connectivity index (χ3v) is 26.8. The van der Waals surface area contributed by atoms with Crippen LogP contribution in [0.2, 0.25) is 0 Å². The van der Waals surface area contributed by atoms with Crippen LogP contribution in [0, 0.1) is 0 Å². The number of aromatic amines is 2. The van der Waals surface area contributed by atoms with Crippen molar-refractivity contribution < 1.29 is 98.0 Å². The molecule has 4 fully saturated rings. The number of amides is 8. The molecule has 0 radical (unpaired) electrons. The Morgan fingerprint density at radius 3 is 0.985 bits per heavy atom. The first kappa shape index (κ1) is 92.1. The maximum atomic E-state index is 13.8. The van der Waals surface area contributed by atoms with Crippen LogP contribution in [0.3, 0.4) is 0 Å². The summed E-state index contributed by atoms with van der Waals surface area (Å²) in [6.07, 6.45) is -3.92. The molecule has 4 aromatic carbocycles. The minimum absolute atomic E-state index is 0.00738. The largest absolute Gasteiger partial charge is 0.447 e. The van der Waals surface area contributed by atoms with Gasteiger partial charge in [0, 0.05) is 132 Å². The number of alkyl halides is 6. The molecule has 12 aliphatic rings. The number of aryl methyl sites for hydroxylation is 5. The summed E-state index contributed by atoms with van der Waals surface area (Å²) in [5, 5.41) is 0. The van der Waals surface area contributed by atoms with Crippen molar-refractivity contribution in [2.24, 2.45) is 0 Å². The van der Waals surface area contributed by atoms with Crippen LogP contribution >= 0.6 is 0 Å². The zero-order valence-corrected chi connectivity index (χ0v) is 75.6. The Kier molecular flexibility index (Phi) is 24.9. The zero-order valence-electron chi connectivity index (χ0n) is 75.6. The van der Waals surface area contributed by atoms with Crippen molar-refractivity contribution in [2.45, 2.75) is 262 Å². The lowest BCUT2D eigenvalue weighted by Crippen LogP contribution is -2.65. The van der Waals surface area contributed by atoms with Crippen molar-refractivity contribution in [3.8, 4) is 0 Å². The van der Waals surface area contributed by atoms with Crippen molar-refractivity contribution in [3.63, 3.8) is 0 Å². The molecule has 8 amide bonds. The number of nitrogens with one attached hydrogen (secondary N) is 2. The first-order chi connectivity index (χ1) is 63.4. The number of imidazole rings is 4. The van der Waals surface area contributed by atoms with Gasteiger partial charge in [-0.3, -0.25) is 33.6 Å². The number of Topliss-reactive ketones (excluding diaryl/α,β-unsaturated/α-hetero) is 3. The number of para-hydroxylation sites is 4. The molecule has 31 nitrogen and oxygen atoms in total. The molecule has 2 N–H and O–H groups in total. The molecule has 37 heteroatoms. The first-order valence-electron chi connectivity index (χ1n) is 45.9. The van der Waals surface area contributed by atoms with Crippen LogP contribution in [0.1, 0.15) is 238 Å². The molecule has 0 unspecified atom stereocenters. The molecular weight excluding hydrogens is 1730 g/mol. The number of carbonyl (C=O) groups excluding carboxylic acids is 11. The topological polar surface area (TPSA) is 344 Å². The van der Waals surface area contributed by atoms with Crippen LogP contribution in [0.5, 0.6) is 0 Å². The van der Waals surface area contributed by atoms with Gasteiger partial charge >= 0.3 is 36.7 Å². The summed E-state index contributed by atoms with van der Waals surface area (Å²) in [5.41, 5.74) is 9.03. The number of nitrogens with zero attached hydrogens (tertiary/aromatic N) is 14. The molecule has 0 saturated carbocycles. The Labute approximate surface area is 763 Å². The number of ketones is 3. The standard InChI is InChI=1S/2C26H29F3N4O4.C22H24N4O4.C22H26N4O3/c2*1-16(2)37-24(36)31-14-25(15-31)17-7-3-4-9-19(17)33(23(25)35)13-21-30-18-8-5-10-20(34)22(18)32(21)12-6-11-26(27,28)29;1-13(2)30-21(29)25-11-22(12-25)14-6-3-4-8-16(14)26(20(22)28)10-18-23-15-7-5-9-17(27)19(15)24-18;1-14(2)29-21(28)25-12-22(13-25)15-7-3-6-10-18(15)26(20(22)27)11-19-23-16-8-4-5-9-17(16)24-19/h2*3-4,7,9,16H,5-6,8,10-15H2,1-2H3;3-4,6,8,13H,5,7,9-12H2,1-2H3,(H,23,24);3,6-7,10,14H,4-5,8-9,11-13H2,1-2H3,(H,23,24). The lowest BCUT2D eigenvalue weighted by atomic mass is 9.75. The van der Waals surface area contributed by atoms with Crippen molar-refractivity contribution >= 4 is 88.1 Å². The summed E-state index contributed by atoms with van der Waals surface area (Å²) in [7, 11) is 0. The van der Waals surface area contributed by atoms with Gasteiger partial charge in [-0.25, -0.2) is 39.1 Å². The molecule has 4 aliphatic carbocycles. The van der Waals surface area contributed by atoms with E-state index in [0.29, 0.717) is 135 Å². The molecule has 8 aromatic rings. The van der Waals surface area contributed by atoms with Crippen LogP contribution in [0.4, 0.5) is 68.3 Å². The number of hydrogen-bond acceptors (Lipinski definition) is 19. The third-order valence-electron chi connectivity index (χ3n) is 26.8. The molecule has 8 aliphatic heterocycles. The van der Waals surface area contributed by atoms with Crippen molar-refractivity contribution in [1.29, 1.82) is 0 Å². The predicted octanol–water partition coefficient (Wildman–Crippen LogP) is 14.3. The SMILES string of the molecule is CC(C)OC(=O)N1CC2(C1)C(=O)N(Cc1nc3c([nH]1)CCCC3)c1ccccc12.CC(C)OC(=O)N1CC2(C1)C(=O)N(Cc1nc3c([nH]1)CCCC3=O)c1ccccc12.CC(C)OC(=O)N1CC2(C1)C(=O)N(Cc1nc3c(n1CCCC(F)(F)F)C(=O)CCC3)c1ccccc12.CC(C)OC(=O)N1CC2(C1)C(=O)N(Cc1nc3c(n1CCCC(F)(F)F)C(=O)CCC3)c1ccccc12. The van der Waals surface area contributed by atoms with E-state index in [0.717, 1.165) is 76.5 Å². The highest BCUT2D eigenvalue weighted by atomic mass is 19.4. The lowest BCUT2D eigenvalue weighted by Gasteiger charge is -2.46. The van der Waals surface area contributed by atoms with E-state index in [1.165, 1.54) is 28.3 Å². The third kappa shape index (κ3) is 17.5. The quantitative estimate of drug-likeness (QED) is 0.0595. The number of rotatable bonds is 18. The molecule has 0 bridgehead atoms. The molecule has 4 spiro atoms. The smallest absolute Gasteiger partial charge is 0.410 e. The maximum absolute atomic E-state index is 13.8. The number of likely N-dealkylation sites (tertiary alicyclic amines) is 4. The number of aromatic nitrogens is 8. The normalized spacial score (nSPS) is 18.7. The summed E-state index contributed by atoms with van der Waals surface area (Å²) in [5.74, 6) is 1.66. The van der Waals surface area contributed by atoms with Crippen LogP contribution in [-0.4, -0.2) is 213 Å². The van der Waals surface area contributed by atoms with E-state index >= 15 is 0 Å². The van der Waals surface area contributed by atoms with Gasteiger partial charge in [0.25, 0.3) is 0 Å². The maximum Gasteiger partial charge on any atom is 0.410 e. The highest BCUT2D eigenvalue weighted by Gasteiger charge is 2.64. The van der Waals surface area contributed by atoms with Crippen LogP contribution in [0.15, 0.2) is 97.1 Å². The van der Waals surface area contributed by atoms with Gasteiger partial charge in [0.05, 0.1) is 67.7 Å². The van der Waals surface area contributed by atoms with Gasteiger partial charge in [-0.2, -0.15) is 26.3 Å². The fraction of sp³-hybridized carbons (Fsp3) is 0.510. The fourth-order valence-corrected chi connectivity index (χ4v) is 20.7. The Balaban J connectivity index is 0.000000124. The zero-order chi connectivity index (χ0) is 94.3. The average molecular weight is 1840 g/mol. The molecule has 0 atom stereocenters. The van der Waals surface area contributed by atoms with Crippen LogP contribution in [0.25, 0.3) is 0 Å². The number of anilines is 4. The summed E-state index contributed by atoms with van der Waals surface area (Å²) in [6, 6.07) is 30.2. The van der Waals surface area contributed by atoms with Gasteiger partial charge in [0.15, 0.2) is 17.3 Å². The minimum atomic E-state index is -4.30. The van der Waals surface area contributed by atoms with E-state index in [1.807, 2.05) is 116 Å². The molecule has 20 rings (SSSR count). The number of carbonyl (C=O) groups is 11. The molecular formula is C96H108F6N16O15. The van der Waals surface area contributed by atoms with Gasteiger partial charge in [-0.05, 0) is 179 Å².